The van der Waals surface area contributed by atoms with Crippen LogP contribution in [0.25, 0.3) is 54.9 Å². The second kappa shape index (κ2) is 7.34. The van der Waals surface area contributed by atoms with Gasteiger partial charge in [0.2, 0.25) is 0 Å². The summed E-state index contributed by atoms with van der Waals surface area (Å²) in [5.74, 6) is 0. The van der Waals surface area contributed by atoms with Crippen molar-refractivity contribution in [2.45, 2.75) is 52.4 Å². The van der Waals surface area contributed by atoms with Crippen molar-refractivity contribution in [3.63, 3.8) is 0 Å². The van der Waals surface area contributed by atoms with E-state index >= 15 is 0 Å². The second-order valence-corrected chi connectivity index (χ2v) is 14.3. The Bertz CT molecular complexity index is 2280. The van der Waals surface area contributed by atoms with Gasteiger partial charge in [0.25, 0.3) is 6.71 Å². The number of hydrogen-bond acceptors (Lipinski definition) is 0. The molecule has 2 nitrogen and oxygen atoms in total. The van der Waals surface area contributed by atoms with Gasteiger partial charge in [0.05, 0.1) is 22.4 Å². The molecule has 0 bridgehead atoms. The summed E-state index contributed by atoms with van der Waals surface area (Å²) in [6, 6.07) is 35.0. The molecule has 7 aromatic rings. The van der Waals surface area contributed by atoms with Crippen LogP contribution in [0.4, 0.5) is 0 Å². The zero-order valence-corrected chi connectivity index (χ0v) is 24.6. The molecule has 0 amide bonds. The molecule has 2 aliphatic rings. The molecule has 0 saturated heterocycles. The van der Waals surface area contributed by atoms with Gasteiger partial charge in [-0.2, -0.15) is 0 Å². The third-order valence-corrected chi connectivity index (χ3v) is 9.78. The molecule has 198 valence electrons. The fraction of sp³-hybridized carbons (Fsp3) is 0.211. The monoisotopic (exact) mass is 528 g/mol. The van der Waals surface area contributed by atoms with Gasteiger partial charge in [0, 0.05) is 32.7 Å². The molecule has 2 aliphatic heterocycles. The average molecular weight is 529 g/mol. The van der Waals surface area contributed by atoms with Crippen LogP contribution in [0.15, 0.2) is 91.0 Å². The van der Waals surface area contributed by atoms with E-state index in [1.54, 1.807) is 0 Å². The van der Waals surface area contributed by atoms with Gasteiger partial charge in [-0.3, -0.25) is 0 Å². The molecule has 9 rings (SSSR count). The Labute approximate surface area is 241 Å². The summed E-state index contributed by atoms with van der Waals surface area (Å²) in [4.78, 5) is 0. The highest BCUT2D eigenvalue weighted by Crippen LogP contribution is 2.42. The van der Waals surface area contributed by atoms with E-state index in [9.17, 15) is 0 Å². The van der Waals surface area contributed by atoms with Crippen LogP contribution in [-0.4, -0.2) is 15.8 Å². The van der Waals surface area contributed by atoms with Crippen LogP contribution in [0, 0.1) is 0 Å². The standard InChI is InChI=1S/C38H33BN2/c1-37(2,3)23-17-18-31-26(19-23)27-20-24(38(4,5)6)21-29-34(27)41(31)35-25-13-7-8-15-30(25)40-32-16-10-12-22-11-9-14-28(33(22)32)39(29)36(35)40/h7-21H,1-6H3. The Morgan fingerprint density at radius 1 is 0.561 bits per heavy atom. The van der Waals surface area contributed by atoms with Crippen molar-refractivity contribution in [1.29, 1.82) is 0 Å². The second-order valence-electron chi connectivity index (χ2n) is 14.3. The summed E-state index contributed by atoms with van der Waals surface area (Å²) in [5.41, 5.74) is 13.7. The largest absolute Gasteiger partial charge is 0.319 e. The van der Waals surface area contributed by atoms with Crippen molar-refractivity contribution in [3.05, 3.63) is 102 Å². The number of benzene rings is 5. The molecule has 0 spiro atoms. The van der Waals surface area contributed by atoms with Crippen LogP contribution in [0.2, 0.25) is 0 Å². The van der Waals surface area contributed by atoms with Gasteiger partial charge >= 0.3 is 0 Å². The first kappa shape index (κ1) is 23.5. The molecule has 41 heavy (non-hydrogen) atoms. The van der Waals surface area contributed by atoms with Crippen molar-refractivity contribution in [2.24, 2.45) is 0 Å². The third kappa shape index (κ3) is 2.84. The van der Waals surface area contributed by atoms with E-state index in [0.29, 0.717) is 0 Å². The zero-order valence-electron chi connectivity index (χ0n) is 24.6. The first-order chi connectivity index (χ1) is 19.6. The quantitative estimate of drug-likeness (QED) is 0.179. The molecule has 0 N–H and O–H groups in total. The SMILES string of the molecule is CC(C)(C)c1ccc2c(c1)c1cc(C(C)(C)C)cc3c1n2-c1c2n(c4ccccc14)-c1cccc4cccc(c14)B32. The van der Waals surface area contributed by atoms with E-state index in [0.717, 1.165) is 0 Å². The molecule has 0 aliphatic carbocycles. The van der Waals surface area contributed by atoms with Gasteiger partial charge in [-0.1, -0.05) is 108 Å². The number of nitrogens with zero attached hydrogens (tertiary/aromatic N) is 2. The third-order valence-electron chi connectivity index (χ3n) is 9.78. The molecular weight excluding hydrogens is 495 g/mol. The lowest BCUT2D eigenvalue weighted by Gasteiger charge is -2.33. The van der Waals surface area contributed by atoms with Crippen LogP contribution in [-0.2, 0) is 10.8 Å². The van der Waals surface area contributed by atoms with Crippen molar-refractivity contribution < 1.29 is 0 Å². The van der Waals surface area contributed by atoms with Crippen molar-refractivity contribution in [2.75, 3.05) is 0 Å². The van der Waals surface area contributed by atoms with Crippen LogP contribution in [0.3, 0.4) is 0 Å². The van der Waals surface area contributed by atoms with Crippen molar-refractivity contribution in [3.8, 4) is 11.4 Å². The van der Waals surface area contributed by atoms with Crippen LogP contribution >= 0.6 is 0 Å². The number of para-hydroxylation sites is 1. The highest BCUT2D eigenvalue weighted by atomic mass is 15.1. The number of hydrogen-bond donors (Lipinski definition) is 0. The highest BCUT2D eigenvalue weighted by molar-refractivity contribution is 6.99. The summed E-state index contributed by atoms with van der Waals surface area (Å²) < 4.78 is 5.19. The molecule has 0 radical (unpaired) electrons. The van der Waals surface area contributed by atoms with E-state index in [4.69, 9.17) is 0 Å². The summed E-state index contributed by atoms with van der Waals surface area (Å²) in [6.45, 7) is 14.2. The van der Waals surface area contributed by atoms with Gasteiger partial charge in [-0.15, -0.1) is 0 Å². The lowest BCUT2D eigenvalue weighted by Crippen LogP contribution is -2.60. The smallest absolute Gasteiger partial charge is 0.268 e. The lowest BCUT2D eigenvalue weighted by molar-refractivity contribution is 0.590. The molecule has 0 atom stereocenters. The summed E-state index contributed by atoms with van der Waals surface area (Å²) in [6.07, 6.45) is 0. The maximum atomic E-state index is 2.61. The summed E-state index contributed by atoms with van der Waals surface area (Å²) in [7, 11) is 0. The molecular formula is C38H33BN2. The molecule has 5 aromatic carbocycles. The number of rotatable bonds is 0. The molecule has 4 heterocycles. The van der Waals surface area contributed by atoms with Crippen LogP contribution in [0.1, 0.15) is 52.7 Å². The Balaban J connectivity index is 1.57. The minimum absolute atomic E-state index is 0.0340. The zero-order chi connectivity index (χ0) is 28.0. The maximum Gasteiger partial charge on any atom is 0.268 e. The van der Waals surface area contributed by atoms with E-state index in [-0.39, 0.29) is 17.5 Å². The maximum absolute atomic E-state index is 2.61. The van der Waals surface area contributed by atoms with E-state index < -0.39 is 0 Å². The first-order valence-electron chi connectivity index (χ1n) is 14.9. The summed E-state index contributed by atoms with van der Waals surface area (Å²) >= 11 is 0. The molecule has 0 saturated carbocycles. The summed E-state index contributed by atoms with van der Waals surface area (Å²) in [5, 5.41) is 6.75. The van der Waals surface area contributed by atoms with Gasteiger partial charge in [-0.05, 0) is 63.1 Å². The van der Waals surface area contributed by atoms with E-state index in [2.05, 4.69) is 142 Å². The Morgan fingerprint density at radius 3 is 2.05 bits per heavy atom. The Morgan fingerprint density at radius 2 is 1.27 bits per heavy atom. The lowest BCUT2D eigenvalue weighted by atomic mass is 9.35. The first-order valence-corrected chi connectivity index (χ1v) is 14.9. The van der Waals surface area contributed by atoms with Crippen molar-refractivity contribution >= 4 is 66.7 Å². The molecule has 0 unspecified atom stereocenters. The molecule has 3 heteroatoms. The fourth-order valence-corrected chi connectivity index (χ4v) is 7.77. The number of aromatic nitrogens is 2. The predicted molar refractivity (Wildman–Crippen MR) is 177 cm³/mol. The van der Waals surface area contributed by atoms with Crippen LogP contribution < -0.4 is 16.5 Å². The van der Waals surface area contributed by atoms with Gasteiger partial charge in [0.1, 0.15) is 0 Å². The highest BCUT2D eigenvalue weighted by Gasteiger charge is 2.42. The Kier molecular flexibility index (Phi) is 4.20. The normalized spacial score (nSPS) is 14.0. The fourth-order valence-electron chi connectivity index (χ4n) is 7.77. The Hall–Kier alpha value is -4.24. The van der Waals surface area contributed by atoms with Gasteiger partial charge in [0.15, 0.2) is 0 Å². The number of fused-ring (bicyclic) bond motifs is 10. The van der Waals surface area contributed by atoms with Crippen LogP contribution in [0.5, 0.6) is 0 Å². The minimum atomic E-state index is 0.0340. The van der Waals surface area contributed by atoms with E-state index in [1.165, 1.54) is 82.5 Å². The topological polar surface area (TPSA) is 9.86 Å². The van der Waals surface area contributed by atoms with Gasteiger partial charge in [-0.25, -0.2) is 0 Å². The minimum Gasteiger partial charge on any atom is -0.319 e. The average Bonchev–Trinajstić information content (AvgIpc) is 3.45. The van der Waals surface area contributed by atoms with E-state index in [1.807, 2.05) is 0 Å². The van der Waals surface area contributed by atoms with Gasteiger partial charge < -0.3 is 9.13 Å². The molecule has 2 aromatic heterocycles. The molecule has 0 fully saturated rings. The van der Waals surface area contributed by atoms with Crippen molar-refractivity contribution in [1.82, 2.24) is 9.13 Å². The predicted octanol–water partition coefficient (Wildman–Crippen LogP) is 7.62.